The summed E-state index contributed by atoms with van der Waals surface area (Å²) in [5, 5.41) is 15.1. The maximum Gasteiger partial charge on any atom is 0.320 e. The number of hydrogen-bond donors (Lipinski definition) is 2. The van der Waals surface area contributed by atoms with Crippen LogP contribution < -0.4 is 10.6 Å². The lowest BCUT2D eigenvalue weighted by Crippen LogP contribution is -2.48. The van der Waals surface area contributed by atoms with Crippen LogP contribution in [0, 0.1) is 18.3 Å². The van der Waals surface area contributed by atoms with Crippen molar-refractivity contribution in [3.63, 3.8) is 0 Å². The number of urea groups is 1. The molecule has 4 heteroatoms. The Morgan fingerprint density at radius 1 is 1.25 bits per heavy atom. The van der Waals surface area contributed by atoms with E-state index >= 15 is 0 Å². The van der Waals surface area contributed by atoms with Gasteiger partial charge < -0.3 is 10.6 Å². The molecule has 20 heavy (non-hydrogen) atoms. The van der Waals surface area contributed by atoms with Crippen LogP contribution in [0.25, 0.3) is 0 Å². The van der Waals surface area contributed by atoms with E-state index in [-0.39, 0.29) is 6.03 Å². The highest BCUT2D eigenvalue weighted by Crippen LogP contribution is 2.26. The summed E-state index contributed by atoms with van der Waals surface area (Å²) in [5.74, 6) is 0. The number of amides is 2. The summed E-state index contributed by atoms with van der Waals surface area (Å²) in [6.07, 6.45) is 5.77. The minimum absolute atomic E-state index is 0.293. The summed E-state index contributed by atoms with van der Waals surface area (Å²) in [7, 11) is 0. The van der Waals surface area contributed by atoms with E-state index in [4.69, 9.17) is 0 Å². The quantitative estimate of drug-likeness (QED) is 0.805. The Morgan fingerprint density at radius 2 is 1.95 bits per heavy atom. The van der Waals surface area contributed by atoms with Crippen molar-refractivity contribution >= 4 is 11.7 Å². The van der Waals surface area contributed by atoms with Crippen molar-refractivity contribution in [1.29, 1.82) is 5.26 Å². The minimum atomic E-state index is -0.704. The van der Waals surface area contributed by atoms with Crippen molar-refractivity contribution in [3.8, 4) is 6.07 Å². The van der Waals surface area contributed by atoms with Crippen LogP contribution in [0.3, 0.4) is 0 Å². The van der Waals surface area contributed by atoms with E-state index in [1.54, 1.807) is 0 Å². The molecule has 1 aliphatic rings. The fourth-order valence-electron chi connectivity index (χ4n) is 2.70. The van der Waals surface area contributed by atoms with Gasteiger partial charge in [0.15, 0.2) is 0 Å². The van der Waals surface area contributed by atoms with Gasteiger partial charge in [0.1, 0.15) is 5.54 Å². The Bertz CT molecular complexity index is 511. The Balaban J connectivity index is 2.00. The number of nitriles is 1. The Hall–Kier alpha value is -2.02. The van der Waals surface area contributed by atoms with Crippen molar-refractivity contribution in [2.24, 2.45) is 0 Å². The van der Waals surface area contributed by atoms with Crippen molar-refractivity contribution < 1.29 is 4.79 Å². The molecule has 4 nitrogen and oxygen atoms in total. The van der Waals surface area contributed by atoms with Gasteiger partial charge in [-0.05, 0) is 37.5 Å². The van der Waals surface area contributed by atoms with E-state index in [1.165, 1.54) is 0 Å². The molecule has 2 N–H and O–H groups in total. The summed E-state index contributed by atoms with van der Waals surface area (Å²) < 4.78 is 0. The maximum absolute atomic E-state index is 12.1. The first-order valence-electron chi connectivity index (χ1n) is 7.21. The van der Waals surface area contributed by atoms with Crippen LogP contribution in [0.2, 0.25) is 0 Å². The molecule has 0 saturated heterocycles. The van der Waals surface area contributed by atoms with Crippen molar-refractivity contribution in [2.45, 2.75) is 51.0 Å². The van der Waals surface area contributed by atoms with Gasteiger partial charge in [0.2, 0.25) is 0 Å². The summed E-state index contributed by atoms with van der Waals surface area (Å²) in [5.41, 5.74) is 1.14. The van der Waals surface area contributed by atoms with Gasteiger partial charge in [0.05, 0.1) is 6.07 Å². The molecule has 0 unspecified atom stereocenters. The average molecular weight is 271 g/mol. The van der Waals surface area contributed by atoms with Gasteiger partial charge in [0.25, 0.3) is 0 Å². The van der Waals surface area contributed by atoms with Crippen LogP contribution in [-0.2, 0) is 0 Å². The molecule has 1 fully saturated rings. The molecule has 2 rings (SSSR count). The first-order valence-corrected chi connectivity index (χ1v) is 7.21. The van der Waals surface area contributed by atoms with Gasteiger partial charge in [-0.25, -0.2) is 4.79 Å². The van der Waals surface area contributed by atoms with Gasteiger partial charge in [-0.3, -0.25) is 0 Å². The number of rotatable bonds is 2. The largest absolute Gasteiger partial charge is 0.320 e. The molecule has 0 aromatic heterocycles. The highest BCUT2D eigenvalue weighted by atomic mass is 16.2. The van der Waals surface area contributed by atoms with Crippen molar-refractivity contribution in [1.82, 2.24) is 5.32 Å². The zero-order chi connectivity index (χ0) is 14.4. The summed E-state index contributed by atoms with van der Waals surface area (Å²) in [6, 6.07) is 9.65. The van der Waals surface area contributed by atoms with Gasteiger partial charge >= 0.3 is 6.03 Å². The molecule has 0 radical (unpaired) electrons. The molecule has 0 atom stereocenters. The third kappa shape index (κ3) is 3.74. The summed E-state index contributed by atoms with van der Waals surface area (Å²) in [6.45, 7) is 1.98. The fourth-order valence-corrected chi connectivity index (χ4v) is 2.70. The molecule has 1 aliphatic carbocycles. The fraction of sp³-hybridized carbons (Fsp3) is 0.500. The van der Waals surface area contributed by atoms with Crippen LogP contribution in [0.1, 0.15) is 44.1 Å². The number of aryl methyl sites for hydroxylation is 1. The number of nitrogens with zero attached hydrogens (tertiary/aromatic N) is 1. The average Bonchev–Trinajstić information content (AvgIpc) is 2.65. The second kappa shape index (κ2) is 6.42. The molecule has 0 aliphatic heterocycles. The van der Waals surface area contributed by atoms with E-state index < -0.39 is 5.54 Å². The first kappa shape index (κ1) is 14.4. The van der Waals surface area contributed by atoms with Gasteiger partial charge in [-0.2, -0.15) is 5.26 Å². The van der Waals surface area contributed by atoms with E-state index in [2.05, 4.69) is 16.7 Å². The van der Waals surface area contributed by atoms with Gasteiger partial charge in [0, 0.05) is 5.69 Å². The number of benzene rings is 1. The molecule has 2 amide bonds. The minimum Gasteiger partial charge on any atom is -0.319 e. The van der Waals surface area contributed by atoms with Crippen molar-refractivity contribution in [3.05, 3.63) is 29.8 Å². The number of nitrogens with one attached hydrogen (secondary N) is 2. The van der Waals surface area contributed by atoms with Crippen LogP contribution in [0.4, 0.5) is 10.5 Å². The molecule has 1 aromatic carbocycles. The van der Waals surface area contributed by atoms with E-state index in [9.17, 15) is 10.1 Å². The van der Waals surface area contributed by atoms with E-state index in [0.29, 0.717) is 0 Å². The third-order valence-corrected chi connectivity index (χ3v) is 3.80. The lowest BCUT2D eigenvalue weighted by atomic mass is 9.92. The van der Waals surface area contributed by atoms with Crippen LogP contribution in [-0.4, -0.2) is 11.6 Å². The highest BCUT2D eigenvalue weighted by Gasteiger charge is 2.32. The second-order valence-corrected chi connectivity index (χ2v) is 5.56. The second-order valence-electron chi connectivity index (χ2n) is 5.56. The Morgan fingerprint density at radius 3 is 2.55 bits per heavy atom. The SMILES string of the molecule is Cc1cccc(NC(=O)NC2(C#N)CCCCCC2)c1. The summed E-state index contributed by atoms with van der Waals surface area (Å²) in [4.78, 5) is 12.1. The van der Waals surface area contributed by atoms with Gasteiger partial charge in [-0.15, -0.1) is 0 Å². The topological polar surface area (TPSA) is 64.9 Å². The predicted octanol–water partition coefficient (Wildman–Crippen LogP) is 3.73. The normalized spacial score (nSPS) is 17.6. The summed E-state index contributed by atoms with van der Waals surface area (Å²) >= 11 is 0. The molecular weight excluding hydrogens is 250 g/mol. The molecule has 0 bridgehead atoms. The highest BCUT2D eigenvalue weighted by molar-refractivity contribution is 5.90. The maximum atomic E-state index is 12.1. The Labute approximate surface area is 120 Å². The molecule has 1 saturated carbocycles. The third-order valence-electron chi connectivity index (χ3n) is 3.80. The molecule has 106 valence electrons. The van der Waals surface area contributed by atoms with E-state index in [0.717, 1.165) is 49.8 Å². The van der Waals surface area contributed by atoms with Crippen LogP contribution >= 0.6 is 0 Å². The number of carbonyl (C=O) groups excluding carboxylic acids is 1. The molecule has 1 aromatic rings. The Kier molecular flexibility index (Phi) is 4.62. The lowest BCUT2D eigenvalue weighted by molar-refractivity contribution is 0.240. The first-order chi connectivity index (χ1) is 9.63. The molecule has 0 spiro atoms. The lowest BCUT2D eigenvalue weighted by Gasteiger charge is -2.26. The molecule has 0 heterocycles. The number of anilines is 1. The van der Waals surface area contributed by atoms with Gasteiger partial charge in [-0.1, -0.05) is 37.8 Å². The monoisotopic (exact) mass is 271 g/mol. The van der Waals surface area contributed by atoms with Crippen LogP contribution in [0.15, 0.2) is 24.3 Å². The van der Waals surface area contributed by atoms with Crippen LogP contribution in [0.5, 0.6) is 0 Å². The zero-order valence-electron chi connectivity index (χ0n) is 11.9. The molecular formula is C16H21N3O. The predicted molar refractivity (Wildman–Crippen MR) is 79.4 cm³/mol. The number of carbonyl (C=O) groups is 1. The standard InChI is InChI=1S/C16H21N3O/c1-13-7-6-8-14(11-13)18-15(20)19-16(12-17)9-4-2-3-5-10-16/h6-8,11H,2-5,9-10H2,1H3,(H2,18,19,20). The number of hydrogen-bond acceptors (Lipinski definition) is 2. The zero-order valence-corrected chi connectivity index (χ0v) is 11.9. The van der Waals surface area contributed by atoms with Crippen molar-refractivity contribution in [2.75, 3.05) is 5.32 Å². The van der Waals surface area contributed by atoms with E-state index in [1.807, 2.05) is 31.2 Å². The smallest absolute Gasteiger partial charge is 0.319 e.